The molecule has 1 heterocycles. The van der Waals surface area contributed by atoms with Crippen LogP contribution in [0.1, 0.15) is 41.9 Å². The van der Waals surface area contributed by atoms with Gasteiger partial charge in [-0.3, -0.25) is 9.59 Å². The van der Waals surface area contributed by atoms with Gasteiger partial charge in [0.15, 0.2) is 5.43 Å². The van der Waals surface area contributed by atoms with E-state index in [-0.39, 0.29) is 22.9 Å². The fraction of sp³-hybridized carbons (Fsp3) is 0.368. The number of likely N-dealkylation sites (N-methyl/N-ethyl adjacent to an activating group) is 1. The molecule has 0 unspecified atom stereocenters. The molecule has 0 bridgehead atoms. The molecular weight excluding hydrogens is 288 g/mol. The lowest BCUT2D eigenvalue weighted by atomic mass is 10.0. The van der Waals surface area contributed by atoms with Crippen molar-refractivity contribution in [2.75, 3.05) is 6.54 Å². The van der Waals surface area contributed by atoms with Crippen LogP contribution in [0, 0.1) is 6.92 Å². The Kier molecular flexibility index (Phi) is 5.74. The zero-order valence-corrected chi connectivity index (χ0v) is 14.0. The van der Waals surface area contributed by atoms with E-state index in [2.05, 4.69) is 24.0 Å². The number of carbonyl (C=O) groups excluding carboxylic acids is 1. The molecule has 4 heteroatoms. The molecule has 0 aliphatic carbocycles. The fourth-order valence-corrected chi connectivity index (χ4v) is 2.82. The molecule has 2 rings (SSSR count). The zero-order valence-electron chi connectivity index (χ0n) is 14.0. The van der Waals surface area contributed by atoms with Gasteiger partial charge in [0.2, 0.25) is 0 Å². The van der Waals surface area contributed by atoms with Gasteiger partial charge in [-0.25, -0.2) is 0 Å². The Morgan fingerprint density at radius 3 is 2.48 bits per heavy atom. The number of amides is 1. The second-order valence-electron chi connectivity index (χ2n) is 5.74. The van der Waals surface area contributed by atoms with Gasteiger partial charge in [0.05, 0.1) is 0 Å². The predicted octanol–water partition coefficient (Wildman–Crippen LogP) is 3.17. The smallest absolute Gasteiger partial charge is 0.259 e. The first-order valence-electron chi connectivity index (χ1n) is 8.11. The van der Waals surface area contributed by atoms with Crippen molar-refractivity contribution < 1.29 is 4.79 Å². The Morgan fingerprint density at radius 1 is 1.22 bits per heavy atom. The van der Waals surface area contributed by atoms with Crippen LogP contribution in [0.4, 0.5) is 0 Å². The third kappa shape index (κ3) is 4.09. The quantitative estimate of drug-likeness (QED) is 0.890. The second kappa shape index (κ2) is 7.77. The van der Waals surface area contributed by atoms with Crippen molar-refractivity contribution in [3.05, 3.63) is 69.6 Å². The lowest BCUT2D eigenvalue weighted by molar-refractivity contribution is 0.0682. The normalized spacial score (nSPS) is 12.0. The van der Waals surface area contributed by atoms with Crippen molar-refractivity contribution in [3.8, 4) is 0 Å². The topological polar surface area (TPSA) is 53.2 Å². The summed E-state index contributed by atoms with van der Waals surface area (Å²) >= 11 is 0. The molecule has 0 aliphatic heterocycles. The fourth-order valence-electron chi connectivity index (χ4n) is 2.82. The van der Waals surface area contributed by atoms with E-state index < -0.39 is 0 Å². The molecule has 23 heavy (non-hydrogen) atoms. The van der Waals surface area contributed by atoms with E-state index in [0.29, 0.717) is 6.54 Å². The molecule has 4 nitrogen and oxygen atoms in total. The summed E-state index contributed by atoms with van der Waals surface area (Å²) in [5.41, 5.74) is 1.94. The maximum Gasteiger partial charge on any atom is 0.259 e. The maximum atomic E-state index is 12.8. The number of pyridine rings is 1. The molecule has 1 aromatic heterocycles. The van der Waals surface area contributed by atoms with Crippen LogP contribution in [0.25, 0.3) is 0 Å². The van der Waals surface area contributed by atoms with Crippen molar-refractivity contribution >= 4 is 5.91 Å². The third-order valence-corrected chi connectivity index (χ3v) is 4.12. The summed E-state index contributed by atoms with van der Waals surface area (Å²) in [6.07, 6.45) is 3.16. The van der Waals surface area contributed by atoms with Gasteiger partial charge < -0.3 is 9.88 Å². The Bertz CT molecular complexity index is 707. The lowest BCUT2D eigenvalue weighted by Gasteiger charge is -2.30. The Hall–Kier alpha value is -2.36. The number of hydrogen-bond donors (Lipinski definition) is 1. The highest BCUT2D eigenvalue weighted by Gasteiger charge is 2.24. The van der Waals surface area contributed by atoms with E-state index >= 15 is 0 Å². The van der Waals surface area contributed by atoms with E-state index in [1.54, 1.807) is 11.8 Å². The molecular formula is C19H24N2O2. The molecule has 0 spiro atoms. The highest BCUT2D eigenvalue weighted by atomic mass is 16.2. The largest absolute Gasteiger partial charge is 0.364 e. The average molecular weight is 312 g/mol. The molecule has 1 aromatic carbocycles. The third-order valence-electron chi connectivity index (χ3n) is 4.12. The molecule has 0 saturated carbocycles. The first-order valence-corrected chi connectivity index (χ1v) is 8.11. The number of carbonyl (C=O) groups is 1. The summed E-state index contributed by atoms with van der Waals surface area (Å²) in [5, 5.41) is 0. The van der Waals surface area contributed by atoms with Crippen molar-refractivity contribution in [3.63, 3.8) is 0 Å². The van der Waals surface area contributed by atoms with Gasteiger partial charge in [-0.2, -0.15) is 0 Å². The summed E-state index contributed by atoms with van der Waals surface area (Å²) in [7, 11) is 0. The SMILES string of the molecule is CC[C@H](Cc1ccccc1)N(CC)C(=O)c1c[nH]c(C)cc1=O. The predicted molar refractivity (Wildman–Crippen MR) is 92.7 cm³/mol. The van der Waals surface area contributed by atoms with Crippen LogP contribution < -0.4 is 5.43 Å². The first kappa shape index (κ1) is 17.0. The van der Waals surface area contributed by atoms with Crippen LogP contribution in [0.2, 0.25) is 0 Å². The molecule has 0 saturated heterocycles. The average Bonchev–Trinajstić information content (AvgIpc) is 2.55. The van der Waals surface area contributed by atoms with Crippen LogP contribution in [-0.4, -0.2) is 28.4 Å². The van der Waals surface area contributed by atoms with Crippen LogP contribution in [0.3, 0.4) is 0 Å². The summed E-state index contributed by atoms with van der Waals surface area (Å²) in [4.78, 5) is 29.7. The van der Waals surface area contributed by atoms with Crippen LogP contribution >= 0.6 is 0 Å². The van der Waals surface area contributed by atoms with E-state index in [9.17, 15) is 9.59 Å². The Morgan fingerprint density at radius 2 is 1.91 bits per heavy atom. The number of aromatic amines is 1. The highest BCUT2D eigenvalue weighted by molar-refractivity contribution is 5.94. The number of hydrogen-bond acceptors (Lipinski definition) is 2. The zero-order chi connectivity index (χ0) is 16.8. The van der Waals surface area contributed by atoms with Crippen LogP contribution in [-0.2, 0) is 6.42 Å². The summed E-state index contributed by atoms with van der Waals surface area (Å²) in [6.45, 7) is 6.41. The Labute approximate surface area is 137 Å². The minimum atomic E-state index is -0.223. The van der Waals surface area contributed by atoms with Gasteiger partial charge in [-0.1, -0.05) is 37.3 Å². The number of H-pyrrole nitrogens is 1. The molecule has 2 aromatic rings. The number of benzene rings is 1. The van der Waals surface area contributed by atoms with E-state index in [4.69, 9.17) is 0 Å². The highest BCUT2D eigenvalue weighted by Crippen LogP contribution is 2.14. The van der Waals surface area contributed by atoms with Gasteiger partial charge in [-0.15, -0.1) is 0 Å². The standard InChI is InChI=1S/C19H24N2O2/c1-4-16(12-15-9-7-6-8-10-15)21(5-2)19(23)17-13-20-14(3)11-18(17)22/h6-11,13,16H,4-5,12H2,1-3H3,(H,20,22)/t16-/m1/s1. The molecule has 0 aliphatic rings. The maximum absolute atomic E-state index is 12.8. The van der Waals surface area contributed by atoms with Crippen LogP contribution in [0.15, 0.2) is 47.4 Å². The van der Waals surface area contributed by atoms with Crippen molar-refractivity contribution in [2.45, 2.75) is 39.7 Å². The van der Waals surface area contributed by atoms with Crippen molar-refractivity contribution in [2.24, 2.45) is 0 Å². The summed E-state index contributed by atoms with van der Waals surface area (Å²) < 4.78 is 0. The number of nitrogens with zero attached hydrogens (tertiary/aromatic N) is 1. The number of rotatable bonds is 6. The Balaban J connectivity index is 2.25. The molecule has 1 amide bonds. The van der Waals surface area contributed by atoms with E-state index in [0.717, 1.165) is 18.5 Å². The lowest BCUT2D eigenvalue weighted by Crippen LogP contribution is -2.42. The first-order chi connectivity index (χ1) is 11.1. The number of nitrogens with one attached hydrogen (secondary N) is 1. The summed E-state index contributed by atoms with van der Waals surface area (Å²) in [5.74, 6) is -0.198. The van der Waals surface area contributed by atoms with Gasteiger partial charge in [-0.05, 0) is 32.3 Å². The molecule has 122 valence electrons. The molecule has 1 N–H and O–H groups in total. The number of aryl methyl sites for hydroxylation is 1. The minimum absolute atomic E-state index is 0.0793. The monoisotopic (exact) mass is 312 g/mol. The molecule has 0 radical (unpaired) electrons. The van der Waals surface area contributed by atoms with Crippen molar-refractivity contribution in [1.82, 2.24) is 9.88 Å². The summed E-state index contributed by atoms with van der Waals surface area (Å²) in [6, 6.07) is 11.7. The van der Waals surface area contributed by atoms with Gasteiger partial charge in [0, 0.05) is 30.5 Å². The van der Waals surface area contributed by atoms with E-state index in [1.807, 2.05) is 25.1 Å². The van der Waals surface area contributed by atoms with E-state index in [1.165, 1.54) is 17.8 Å². The second-order valence-corrected chi connectivity index (χ2v) is 5.74. The number of aromatic nitrogens is 1. The minimum Gasteiger partial charge on any atom is -0.364 e. The van der Waals surface area contributed by atoms with Crippen LogP contribution in [0.5, 0.6) is 0 Å². The molecule has 1 atom stereocenters. The molecule has 0 fully saturated rings. The van der Waals surface area contributed by atoms with Gasteiger partial charge in [0.1, 0.15) is 5.56 Å². The van der Waals surface area contributed by atoms with Gasteiger partial charge in [0.25, 0.3) is 5.91 Å². The van der Waals surface area contributed by atoms with Crippen molar-refractivity contribution in [1.29, 1.82) is 0 Å². The van der Waals surface area contributed by atoms with Gasteiger partial charge >= 0.3 is 0 Å².